The summed E-state index contributed by atoms with van der Waals surface area (Å²) in [6.07, 6.45) is 7.73. The first-order valence-corrected chi connectivity index (χ1v) is 8.08. The van der Waals surface area contributed by atoms with Crippen molar-refractivity contribution in [1.29, 1.82) is 0 Å². The van der Waals surface area contributed by atoms with Gasteiger partial charge in [-0.3, -0.25) is 9.97 Å². The number of aromatic nitrogens is 5. The summed E-state index contributed by atoms with van der Waals surface area (Å²) >= 11 is 0. The van der Waals surface area contributed by atoms with Crippen molar-refractivity contribution in [1.82, 2.24) is 24.9 Å². The Morgan fingerprint density at radius 1 is 1.04 bits per heavy atom. The molecule has 3 heterocycles. The molecular formula is C17H16FN7. The Morgan fingerprint density at radius 2 is 1.92 bits per heavy atom. The number of rotatable bonds is 5. The van der Waals surface area contributed by atoms with Crippen molar-refractivity contribution in [3.05, 3.63) is 48.7 Å². The molecular weight excluding hydrogens is 321 g/mol. The Labute approximate surface area is 143 Å². The maximum Gasteiger partial charge on any atom is 0.232 e. The van der Waals surface area contributed by atoms with Crippen LogP contribution in [0.1, 0.15) is 19.3 Å². The normalized spacial score (nSPS) is 14.0. The zero-order valence-electron chi connectivity index (χ0n) is 13.4. The highest BCUT2D eigenvalue weighted by Gasteiger charge is 2.19. The van der Waals surface area contributed by atoms with E-state index in [0.717, 1.165) is 19.0 Å². The molecule has 0 amide bonds. The van der Waals surface area contributed by atoms with Crippen LogP contribution in [0, 0.1) is 5.82 Å². The third-order valence-electron chi connectivity index (χ3n) is 3.93. The van der Waals surface area contributed by atoms with Gasteiger partial charge >= 0.3 is 0 Å². The minimum atomic E-state index is -0.433. The lowest BCUT2D eigenvalue weighted by Gasteiger charge is -2.26. The van der Waals surface area contributed by atoms with E-state index in [9.17, 15) is 4.39 Å². The van der Waals surface area contributed by atoms with Crippen LogP contribution < -0.4 is 10.6 Å². The second kappa shape index (κ2) is 6.76. The molecule has 25 heavy (non-hydrogen) atoms. The summed E-state index contributed by atoms with van der Waals surface area (Å²) in [5.74, 6) is 0.804. The van der Waals surface area contributed by atoms with Crippen LogP contribution in [-0.2, 0) is 0 Å². The van der Waals surface area contributed by atoms with Gasteiger partial charge in [-0.05, 0) is 31.4 Å². The van der Waals surface area contributed by atoms with Gasteiger partial charge in [0.25, 0.3) is 0 Å². The van der Waals surface area contributed by atoms with Crippen LogP contribution in [0.3, 0.4) is 0 Å². The molecule has 1 aliphatic carbocycles. The average molecular weight is 337 g/mol. The van der Waals surface area contributed by atoms with Crippen LogP contribution in [-0.4, -0.2) is 31.0 Å². The first-order valence-electron chi connectivity index (χ1n) is 8.08. The van der Waals surface area contributed by atoms with E-state index >= 15 is 0 Å². The molecule has 0 spiro atoms. The summed E-state index contributed by atoms with van der Waals surface area (Å²) in [7, 11) is 0. The number of nitrogens with one attached hydrogen (secondary N) is 2. The van der Waals surface area contributed by atoms with Crippen LogP contribution in [0.15, 0.2) is 42.9 Å². The number of anilines is 3. The molecule has 1 saturated carbocycles. The largest absolute Gasteiger partial charge is 0.351 e. The third-order valence-corrected chi connectivity index (χ3v) is 3.93. The van der Waals surface area contributed by atoms with Crippen LogP contribution >= 0.6 is 0 Å². The fourth-order valence-electron chi connectivity index (χ4n) is 2.45. The third kappa shape index (κ3) is 3.68. The van der Waals surface area contributed by atoms with Gasteiger partial charge in [-0.1, -0.05) is 6.07 Å². The highest BCUT2D eigenvalue weighted by molar-refractivity contribution is 5.58. The molecule has 3 aromatic rings. The van der Waals surface area contributed by atoms with E-state index in [1.54, 1.807) is 6.20 Å². The summed E-state index contributed by atoms with van der Waals surface area (Å²) in [4.78, 5) is 21.3. The van der Waals surface area contributed by atoms with Crippen molar-refractivity contribution in [2.45, 2.75) is 25.3 Å². The predicted molar refractivity (Wildman–Crippen MR) is 91.8 cm³/mol. The van der Waals surface area contributed by atoms with Gasteiger partial charge in [0.15, 0.2) is 5.82 Å². The van der Waals surface area contributed by atoms with Gasteiger partial charge in [-0.25, -0.2) is 4.39 Å². The van der Waals surface area contributed by atoms with Crippen molar-refractivity contribution >= 4 is 17.6 Å². The summed E-state index contributed by atoms with van der Waals surface area (Å²) in [6.45, 7) is 0. The van der Waals surface area contributed by atoms with E-state index in [4.69, 9.17) is 0 Å². The number of hydrogen-bond donors (Lipinski definition) is 2. The number of halogens is 1. The molecule has 8 heteroatoms. The maximum absolute atomic E-state index is 13.3. The zero-order valence-corrected chi connectivity index (χ0v) is 13.4. The molecule has 0 bridgehead atoms. The summed E-state index contributed by atoms with van der Waals surface area (Å²) < 4.78 is 13.3. The van der Waals surface area contributed by atoms with Gasteiger partial charge in [-0.2, -0.15) is 15.0 Å². The molecule has 1 aliphatic rings. The smallest absolute Gasteiger partial charge is 0.232 e. The van der Waals surface area contributed by atoms with Gasteiger partial charge in [0.05, 0.1) is 18.1 Å². The van der Waals surface area contributed by atoms with E-state index in [0.29, 0.717) is 35.1 Å². The maximum atomic E-state index is 13.3. The fourth-order valence-corrected chi connectivity index (χ4v) is 2.45. The van der Waals surface area contributed by atoms with Gasteiger partial charge in [-0.15, -0.1) is 0 Å². The molecule has 0 atom stereocenters. The van der Waals surface area contributed by atoms with Crippen molar-refractivity contribution < 1.29 is 4.39 Å². The van der Waals surface area contributed by atoms with E-state index < -0.39 is 5.82 Å². The lowest BCUT2D eigenvalue weighted by atomic mass is 9.93. The number of hydrogen-bond acceptors (Lipinski definition) is 7. The predicted octanol–water partition coefficient (Wildman–Crippen LogP) is 3.18. The SMILES string of the molecule is Fc1cncc(Nc2nc(NC3CCC3)nc(-c3ccccn3)n2)c1. The van der Waals surface area contributed by atoms with Crippen LogP contribution in [0.2, 0.25) is 0 Å². The van der Waals surface area contributed by atoms with Gasteiger partial charge in [0, 0.05) is 18.3 Å². The molecule has 0 saturated heterocycles. The highest BCUT2D eigenvalue weighted by Crippen LogP contribution is 2.24. The Hall–Kier alpha value is -3.16. The molecule has 1 fully saturated rings. The Kier molecular flexibility index (Phi) is 4.16. The molecule has 2 N–H and O–H groups in total. The first kappa shape index (κ1) is 15.4. The molecule has 0 aromatic carbocycles. The molecule has 3 aromatic heterocycles. The molecule has 0 aliphatic heterocycles. The second-order valence-corrected chi connectivity index (χ2v) is 5.81. The fraction of sp³-hybridized carbons (Fsp3) is 0.235. The van der Waals surface area contributed by atoms with Crippen LogP contribution in [0.4, 0.5) is 22.0 Å². The zero-order chi connectivity index (χ0) is 17.1. The molecule has 0 radical (unpaired) electrons. The van der Waals surface area contributed by atoms with Gasteiger partial charge < -0.3 is 10.6 Å². The first-order chi connectivity index (χ1) is 12.3. The second-order valence-electron chi connectivity index (χ2n) is 5.81. The summed E-state index contributed by atoms with van der Waals surface area (Å²) in [6, 6.07) is 7.24. The molecule has 126 valence electrons. The topological polar surface area (TPSA) is 88.5 Å². The number of pyridine rings is 2. The van der Waals surface area contributed by atoms with Gasteiger partial charge in [0.2, 0.25) is 11.9 Å². The molecule has 7 nitrogen and oxygen atoms in total. The average Bonchev–Trinajstić information content (AvgIpc) is 2.59. The Balaban J connectivity index is 1.67. The minimum Gasteiger partial charge on any atom is -0.351 e. The molecule has 4 rings (SSSR count). The Bertz CT molecular complexity index is 868. The summed E-state index contributed by atoms with van der Waals surface area (Å²) in [5.41, 5.74) is 1.11. The molecule has 0 unspecified atom stereocenters. The van der Waals surface area contributed by atoms with Crippen molar-refractivity contribution in [2.24, 2.45) is 0 Å². The minimum absolute atomic E-state index is 0.310. The van der Waals surface area contributed by atoms with E-state index in [-0.39, 0.29) is 0 Å². The standard InChI is InChI=1S/C17H16FN7/c18-11-8-13(10-19-9-11)22-17-24-15(14-6-1-2-7-20-14)23-16(25-17)21-12-4-3-5-12/h1-2,6-10,12H,3-5H2,(H2,21,22,23,24,25). The summed E-state index contributed by atoms with van der Waals surface area (Å²) in [5, 5.41) is 6.28. The van der Waals surface area contributed by atoms with E-state index in [1.165, 1.54) is 18.7 Å². The van der Waals surface area contributed by atoms with Crippen LogP contribution in [0.5, 0.6) is 0 Å². The monoisotopic (exact) mass is 337 g/mol. The lowest BCUT2D eigenvalue weighted by molar-refractivity contribution is 0.443. The number of nitrogens with zero attached hydrogens (tertiary/aromatic N) is 5. The van der Waals surface area contributed by atoms with Crippen molar-refractivity contribution in [3.63, 3.8) is 0 Å². The van der Waals surface area contributed by atoms with Gasteiger partial charge in [0.1, 0.15) is 11.5 Å². The van der Waals surface area contributed by atoms with E-state index in [1.807, 2.05) is 18.2 Å². The lowest BCUT2D eigenvalue weighted by Crippen LogP contribution is -2.28. The Morgan fingerprint density at radius 3 is 2.64 bits per heavy atom. The van der Waals surface area contributed by atoms with Crippen molar-refractivity contribution in [3.8, 4) is 11.5 Å². The van der Waals surface area contributed by atoms with Crippen molar-refractivity contribution in [2.75, 3.05) is 10.6 Å². The van der Waals surface area contributed by atoms with Crippen LogP contribution in [0.25, 0.3) is 11.5 Å². The highest BCUT2D eigenvalue weighted by atomic mass is 19.1. The van der Waals surface area contributed by atoms with E-state index in [2.05, 4.69) is 35.6 Å². The quantitative estimate of drug-likeness (QED) is 0.739.